The van der Waals surface area contributed by atoms with Gasteiger partial charge in [0.25, 0.3) is 0 Å². The Morgan fingerprint density at radius 1 is 0.958 bits per heavy atom. The lowest BCUT2D eigenvalue weighted by atomic mass is 9.82. The molecule has 0 atom stereocenters. The third-order valence-electron chi connectivity index (χ3n) is 4.84. The first kappa shape index (κ1) is 16.9. The van der Waals surface area contributed by atoms with Crippen LogP contribution in [0.25, 0.3) is 0 Å². The van der Waals surface area contributed by atoms with E-state index in [1.54, 1.807) is 0 Å². The number of phenolic OH excluding ortho intramolecular Hbond substituents is 1. The number of phenols is 1. The molecule has 2 heteroatoms. The molecule has 0 aliphatic carbocycles. The summed E-state index contributed by atoms with van der Waals surface area (Å²) < 4.78 is 6.02. The highest BCUT2D eigenvalue weighted by Crippen LogP contribution is 2.47. The minimum atomic E-state index is -0.207. The van der Waals surface area contributed by atoms with Gasteiger partial charge < -0.3 is 9.84 Å². The average Bonchev–Trinajstić information content (AvgIpc) is 2.43. The highest BCUT2D eigenvalue weighted by atomic mass is 16.5. The molecule has 1 heterocycles. The fourth-order valence-corrected chi connectivity index (χ4v) is 3.58. The van der Waals surface area contributed by atoms with Crippen molar-refractivity contribution < 1.29 is 9.84 Å². The monoisotopic (exact) mass is 324 g/mol. The normalized spacial score (nSPS) is 15.5. The van der Waals surface area contributed by atoms with Crippen molar-refractivity contribution in [2.75, 3.05) is 0 Å². The van der Waals surface area contributed by atoms with Crippen molar-refractivity contribution in [3.8, 4) is 11.5 Å². The number of hydrogen-bond donors (Lipinski definition) is 1. The highest BCUT2D eigenvalue weighted by Gasteiger charge is 2.38. The first-order valence-electron chi connectivity index (χ1n) is 8.65. The van der Waals surface area contributed by atoms with E-state index >= 15 is 0 Å². The standard InChI is InChI=1S/C22H28O2/c1-13-8-15(19(23)17(10-13)21(3,4)5)12-16-9-14(2)11-18-20(16)24-22(18,6)7/h8-11,23H,12H2,1-7H3. The molecule has 0 aromatic heterocycles. The fraction of sp³-hybridized carbons (Fsp3) is 0.455. The first-order chi connectivity index (χ1) is 11.0. The van der Waals surface area contributed by atoms with Crippen molar-refractivity contribution in [2.24, 2.45) is 0 Å². The third-order valence-corrected chi connectivity index (χ3v) is 4.84. The van der Waals surface area contributed by atoms with Crippen molar-refractivity contribution in [3.63, 3.8) is 0 Å². The third kappa shape index (κ3) is 2.79. The molecule has 0 saturated carbocycles. The van der Waals surface area contributed by atoms with Crippen LogP contribution in [0.1, 0.15) is 68.0 Å². The highest BCUT2D eigenvalue weighted by molar-refractivity contribution is 5.56. The van der Waals surface area contributed by atoms with Crippen LogP contribution in [0.4, 0.5) is 0 Å². The maximum Gasteiger partial charge on any atom is 0.132 e. The molecule has 2 nitrogen and oxygen atoms in total. The summed E-state index contributed by atoms with van der Waals surface area (Å²) in [6, 6.07) is 8.56. The molecule has 0 fully saturated rings. The Morgan fingerprint density at radius 2 is 1.54 bits per heavy atom. The molecule has 3 rings (SSSR count). The van der Waals surface area contributed by atoms with E-state index in [2.05, 4.69) is 72.7 Å². The zero-order chi connectivity index (χ0) is 17.9. The Hall–Kier alpha value is -1.96. The van der Waals surface area contributed by atoms with E-state index in [1.165, 1.54) is 16.7 Å². The molecule has 128 valence electrons. The summed E-state index contributed by atoms with van der Waals surface area (Å²) in [5.41, 5.74) is 6.53. The van der Waals surface area contributed by atoms with E-state index in [1.807, 2.05) is 0 Å². The topological polar surface area (TPSA) is 29.5 Å². The Bertz CT molecular complexity index is 808. The van der Waals surface area contributed by atoms with E-state index < -0.39 is 0 Å². The van der Waals surface area contributed by atoms with Crippen molar-refractivity contribution in [1.29, 1.82) is 0 Å². The molecule has 0 amide bonds. The Kier molecular flexibility index (Phi) is 3.71. The number of fused-ring (bicyclic) bond motifs is 1. The van der Waals surface area contributed by atoms with Gasteiger partial charge in [0.15, 0.2) is 0 Å². The smallest absolute Gasteiger partial charge is 0.132 e. The molecule has 2 aromatic carbocycles. The van der Waals surface area contributed by atoms with Gasteiger partial charge >= 0.3 is 0 Å². The van der Waals surface area contributed by atoms with Gasteiger partial charge in [-0.1, -0.05) is 50.1 Å². The van der Waals surface area contributed by atoms with E-state index in [9.17, 15) is 5.11 Å². The van der Waals surface area contributed by atoms with Crippen LogP contribution in [0.5, 0.6) is 11.5 Å². The van der Waals surface area contributed by atoms with Crippen LogP contribution < -0.4 is 4.74 Å². The second-order valence-corrected chi connectivity index (χ2v) is 8.66. The molecular weight excluding hydrogens is 296 g/mol. The first-order valence-corrected chi connectivity index (χ1v) is 8.65. The molecule has 1 aliphatic heterocycles. The Morgan fingerprint density at radius 3 is 2.12 bits per heavy atom. The van der Waals surface area contributed by atoms with Gasteiger partial charge in [-0.3, -0.25) is 0 Å². The molecular formula is C22H28O2. The predicted octanol–water partition coefficient (Wildman–Crippen LogP) is 5.52. The van der Waals surface area contributed by atoms with Crippen molar-refractivity contribution in [3.05, 3.63) is 57.6 Å². The fourth-order valence-electron chi connectivity index (χ4n) is 3.58. The number of ether oxygens (including phenoxy) is 1. The number of aromatic hydroxyl groups is 1. The van der Waals surface area contributed by atoms with E-state index in [4.69, 9.17) is 4.74 Å². The number of aryl methyl sites for hydroxylation is 2. The van der Waals surface area contributed by atoms with Crippen LogP contribution in [0.15, 0.2) is 24.3 Å². The van der Waals surface area contributed by atoms with Gasteiger partial charge in [0.05, 0.1) is 0 Å². The van der Waals surface area contributed by atoms with Crippen LogP contribution >= 0.6 is 0 Å². The molecule has 1 N–H and O–H groups in total. The lowest BCUT2D eigenvalue weighted by molar-refractivity contribution is 0.0501. The molecule has 2 aromatic rings. The quantitative estimate of drug-likeness (QED) is 0.787. The molecule has 0 bridgehead atoms. The van der Waals surface area contributed by atoms with Crippen LogP contribution in [0.2, 0.25) is 0 Å². The largest absolute Gasteiger partial charge is 0.507 e. The maximum atomic E-state index is 10.8. The summed E-state index contributed by atoms with van der Waals surface area (Å²) in [5.74, 6) is 1.41. The van der Waals surface area contributed by atoms with Gasteiger partial charge in [-0.25, -0.2) is 0 Å². The van der Waals surface area contributed by atoms with Gasteiger partial charge in [-0.05, 0) is 55.9 Å². The van der Waals surface area contributed by atoms with Crippen LogP contribution in [-0.4, -0.2) is 5.11 Å². The lowest BCUT2D eigenvalue weighted by Gasteiger charge is -2.40. The second-order valence-electron chi connectivity index (χ2n) is 8.66. The lowest BCUT2D eigenvalue weighted by Crippen LogP contribution is -2.36. The SMILES string of the molecule is Cc1cc(Cc2cc(C)cc3c2OC3(C)C)c(O)c(C(C)(C)C)c1. The summed E-state index contributed by atoms with van der Waals surface area (Å²) >= 11 is 0. The summed E-state index contributed by atoms with van der Waals surface area (Å²) in [7, 11) is 0. The van der Waals surface area contributed by atoms with Crippen molar-refractivity contribution >= 4 is 0 Å². The number of hydrogen-bond acceptors (Lipinski definition) is 2. The molecule has 0 saturated heterocycles. The van der Waals surface area contributed by atoms with E-state index in [0.717, 1.165) is 22.4 Å². The molecule has 0 radical (unpaired) electrons. The summed E-state index contributed by atoms with van der Waals surface area (Å²) in [5, 5.41) is 10.8. The number of rotatable bonds is 2. The summed E-state index contributed by atoms with van der Waals surface area (Å²) in [6.45, 7) is 14.8. The maximum absolute atomic E-state index is 10.8. The minimum absolute atomic E-state index is 0.0823. The molecule has 0 spiro atoms. The van der Waals surface area contributed by atoms with Crippen molar-refractivity contribution in [2.45, 2.75) is 65.9 Å². The van der Waals surface area contributed by atoms with Gasteiger partial charge in [0.2, 0.25) is 0 Å². The predicted molar refractivity (Wildman–Crippen MR) is 99.2 cm³/mol. The van der Waals surface area contributed by atoms with Gasteiger partial charge in [-0.2, -0.15) is 0 Å². The van der Waals surface area contributed by atoms with Crippen LogP contribution in [0, 0.1) is 13.8 Å². The minimum Gasteiger partial charge on any atom is -0.507 e. The van der Waals surface area contributed by atoms with Gasteiger partial charge in [-0.15, -0.1) is 0 Å². The van der Waals surface area contributed by atoms with E-state index in [0.29, 0.717) is 12.2 Å². The Labute approximate surface area is 145 Å². The zero-order valence-corrected chi connectivity index (χ0v) is 15.9. The van der Waals surface area contributed by atoms with Gasteiger partial charge in [0.1, 0.15) is 17.1 Å². The number of benzene rings is 2. The second kappa shape index (κ2) is 5.27. The zero-order valence-electron chi connectivity index (χ0n) is 15.9. The molecule has 0 unspecified atom stereocenters. The molecule has 1 aliphatic rings. The molecule has 24 heavy (non-hydrogen) atoms. The Balaban J connectivity index is 2.07. The van der Waals surface area contributed by atoms with Crippen LogP contribution in [-0.2, 0) is 17.4 Å². The van der Waals surface area contributed by atoms with E-state index in [-0.39, 0.29) is 11.0 Å². The van der Waals surface area contributed by atoms with Crippen molar-refractivity contribution in [1.82, 2.24) is 0 Å². The summed E-state index contributed by atoms with van der Waals surface area (Å²) in [6.07, 6.45) is 0.691. The van der Waals surface area contributed by atoms with Gasteiger partial charge in [0, 0.05) is 12.0 Å². The summed E-state index contributed by atoms with van der Waals surface area (Å²) in [4.78, 5) is 0. The average molecular weight is 324 g/mol. The van der Waals surface area contributed by atoms with Crippen LogP contribution in [0.3, 0.4) is 0 Å².